The van der Waals surface area contributed by atoms with Crippen molar-refractivity contribution >= 4 is 5.96 Å². The van der Waals surface area contributed by atoms with Gasteiger partial charge in [0.15, 0.2) is 11.7 Å². The minimum Gasteiger partial charge on any atom is -0.359 e. The van der Waals surface area contributed by atoms with Gasteiger partial charge >= 0.3 is 0 Å². The third kappa shape index (κ3) is 5.12. The molecule has 7 heteroatoms. The maximum Gasteiger partial charge on any atom is 0.191 e. The van der Waals surface area contributed by atoms with E-state index in [9.17, 15) is 0 Å². The number of rotatable bonds is 8. The predicted octanol–water partition coefficient (Wildman–Crippen LogP) is 2.14. The van der Waals surface area contributed by atoms with E-state index in [0.717, 1.165) is 43.3 Å². The fraction of sp³-hybridized carbons (Fsp3) is 0.562. The summed E-state index contributed by atoms with van der Waals surface area (Å²) in [6, 6.07) is 3.94. The standard InChI is InChI=1S/C16H26N6O/c1-4-13(5-2)15-11-14(23-21-15)12-19-16(17-3)18-8-10-22-9-6-7-20-22/h6-7,9,11,13H,4-5,8,10,12H2,1-3H3,(H2,17,18,19). The van der Waals surface area contributed by atoms with Crippen molar-refractivity contribution in [3.05, 3.63) is 36.0 Å². The second-order valence-corrected chi connectivity index (χ2v) is 5.35. The SMILES string of the molecule is CCC(CC)c1cc(CNC(=NC)NCCn2cccn2)on1. The molecule has 0 radical (unpaired) electrons. The van der Waals surface area contributed by atoms with Crippen molar-refractivity contribution in [2.75, 3.05) is 13.6 Å². The molecule has 0 aliphatic heterocycles. The third-order valence-corrected chi connectivity index (χ3v) is 3.83. The second-order valence-electron chi connectivity index (χ2n) is 5.35. The molecule has 0 aliphatic carbocycles. The molecule has 126 valence electrons. The lowest BCUT2D eigenvalue weighted by Gasteiger charge is -2.10. The van der Waals surface area contributed by atoms with Crippen LogP contribution in [-0.2, 0) is 13.1 Å². The predicted molar refractivity (Wildman–Crippen MR) is 90.3 cm³/mol. The van der Waals surface area contributed by atoms with Gasteiger partial charge in [0.2, 0.25) is 0 Å². The number of aliphatic imine (C=N–C) groups is 1. The molecule has 2 rings (SSSR count). The maximum absolute atomic E-state index is 5.40. The van der Waals surface area contributed by atoms with E-state index in [4.69, 9.17) is 4.52 Å². The number of hydrogen-bond acceptors (Lipinski definition) is 4. The van der Waals surface area contributed by atoms with Crippen molar-refractivity contribution in [2.45, 2.75) is 45.7 Å². The Bertz CT molecular complexity index is 585. The Morgan fingerprint density at radius 1 is 1.35 bits per heavy atom. The summed E-state index contributed by atoms with van der Waals surface area (Å²) >= 11 is 0. The van der Waals surface area contributed by atoms with Gasteiger partial charge in [-0.3, -0.25) is 9.67 Å². The van der Waals surface area contributed by atoms with Crippen LogP contribution in [0.15, 0.2) is 34.0 Å². The zero-order chi connectivity index (χ0) is 16.5. The summed E-state index contributed by atoms with van der Waals surface area (Å²) in [4.78, 5) is 4.20. The second kappa shape index (κ2) is 8.97. The van der Waals surface area contributed by atoms with Crippen LogP contribution in [0.2, 0.25) is 0 Å². The molecule has 7 nitrogen and oxygen atoms in total. The van der Waals surface area contributed by atoms with Crippen molar-refractivity contribution < 1.29 is 4.52 Å². The van der Waals surface area contributed by atoms with Gasteiger partial charge in [-0.1, -0.05) is 19.0 Å². The zero-order valence-electron chi connectivity index (χ0n) is 14.1. The number of hydrogen-bond donors (Lipinski definition) is 2. The molecule has 0 unspecified atom stereocenters. The number of aromatic nitrogens is 3. The Hall–Kier alpha value is -2.31. The molecule has 0 amide bonds. The van der Waals surface area contributed by atoms with Gasteiger partial charge in [-0.05, 0) is 18.9 Å². The highest BCUT2D eigenvalue weighted by Crippen LogP contribution is 2.22. The van der Waals surface area contributed by atoms with Gasteiger partial charge in [0.05, 0.1) is 18.8 Å². The van der Waals surface area contributed by atoms with Crippen molar-refractivity contribution in [1.82, 2.24) is 25.6 Å². The van der Waals surface area contributed by atoms with Crippen LogP contribution in [0.5, 0.6) is 0 Å². The maximum atomic E-state index is 5.40. The van der Waals surface area contributed by atoms with Crippen LogP contribution in [-0.4, -0.2) is 34.5 Å². The summed E-state index contributed by atoms with van der Waals surface area (Å²) in [5.41, 5.74) is 1.04. The minimum atomic E-state index is 0.471. The molecule has 23 heavy (non-hydrogen) atoms. The molecule has 0 saturated carbocycles. The first kappa shape index (κ1) is 17.1. The molecule has 2 aromatic heterocycles. The average molecular weight is 318 g/mol. The molecule has 0 bridgehead atoms. The first-order chi connectivity index (χ1) is 11.3. The fourth-order valence-corrected chi connectivity index (χ4v) is 2.42. The quantitative estimate of drug-likeness (QED) is 0.576. The Morgan fingerprint density at radius 3 is 2.83 bits per heavy atom. The molecule has 2 N–H and O–H groups in total. The van der Waals surface area contributed by atoms with Gasteiger partial charge in [-0.25, -0.2) is 0 Å². The number of guanidine groups is 1. The van der Waals surface area contributed by atoms with E-state index in [1.165, 1.54) is 0 Å². The van der Waals surface area contributed by atoms with Crippen molar-refractivity contribution in [2.24, 2.45) is 4.99 Å². The molecular weight excluding hydrogens is 292 g/mol. The van der Waals surface area contributed by atoms with Crippen LogP contribution in [0.25, 0.3) is 0 Å². The van der Waals surface area contributed by atoms with Gasteiger partial charge in [0.1, 0.15) is 0 Å². The van der Waals surface area contributed by atoms with Crippen molar-refractivity contribution in [3.8, 4) is 0 Å². The van der Waals surface area contributed by atoms with Crippen molar-refractivity contribution in [1.29, 1.82) is 0 Å². The Kier molecular flexibility index (Phi) is 6.65. The van der Waals surface area contributed by atoms with Crippen molar-refractivity contribution in [3.63, 3.8) is 0 Å². The highest BCUT2D eigenvalue weighted by atomic mass is 16.5. The Morgan fingerprint density at radius 2 is 2.17 bits per heavy atom. The minimum absolute atomic E-state index is 0.471. The summed E-state index contributed by atoms with van der Waals surface area (Å²) in [6.07, 6.45) is 5.86. The van der Waals surface area contributed by atoms with Gasteiger partial charge < -0.3 is 15.2 Å². The molecule has 0 atom stereocenters. The lowest BCUT2D eigenvalue weighted by molar-refractivity contribution is 0.368. The molecule has 2 aromatic rings. The normalized spacial score (nSPS) is 11.9. The number of nitrogens with one attached hydrogen (secondary N) is 2. The summed E-state index contributed by atoms with van der Waals surface area (Å²) in [7, 11) is 1.75. The van der Waals surface area contributed by atoms with E-state index < -0.39 is 0 Å². The molecule has 0 spiro atoms. The average Bonchev–Trinajstić information content (AvgIpc) is 3.24. The van der Waals surface area contributed by atoms with E-state index >= 15 is 0 Å². The summed E-state index contributed by atoms with van der Waals surface area (Å²) in [6.45, 7) is 6.44. The molecule has 0 aliphatic rings. The monoisotopic (exact) mass is 318 g/mol. The van der Waals surface area contributed by atoms with Gasteiger partial charge in [0.25, 0.3) is 0 Å². The number of nitrogens with zero attached hydrogens (tertiary/aromatic N) is 4. The smallest absolute Gasteiger partial charge is 0.191 e. The van der Waals surface area contributed by atoms with Gasteiger partial charge in [-0.15, -0.1) is 0 Å². The molecule has 0 fully saturated rings. The van der Waals surface area contributed by atoms with Gasteiger partial charge in [-0.2, -0.15) is 5.10 Å². The lowest BCUT2D eigenvalue weighted by atomic mass is 9.99. The Labute approximate surface area is 137 Å². The Balaban J connectivity index is 1.76. The van der Waals surface area contributed by atoms with Crippen LogP contribution < -0.4 is 10.6 Å². The largest absolute Gasteiger partial charge is 0.359 e. The highest BCUT2D eigenvalue weighted by molar-refractivity contribution is 5.79. The van der Waals surface area contributed by atoms with Crippen LogP contribution in [0.4, 0.5) is 0 Å². The summed E-state index contributed by atoms with van der Waals surface area (Å²) in [5.74, 6) is 2.03. The molecule has 2 heterocycles. The summed E-state index contributed by atoms with van der Waals surface area (Å²) < 4.78 is 7.27. The van der Waals surface area contributed by atoms with E-state index in [0.29, 0.717) is 12.5 Å². The van der Waals surface area contributed by atoms with Gasteiger partial charge in [0, 0.05) is 38.0 Å². The lowest BCUT2D eigenvalue weighted by Crippen LogP contribution is -2.38. The van der Waals surface area contributed by atoms with Crippen LogP contribution in [0.3, 0.4) is 0 Å². The van der Waals surface area contributed by atoms with E-state index in [1.807, 2.05) is 23.0 Å². The van der Waals surface area contributed by atoms with E-state index in [1.54, 1.807) is 13.2 Å². The zero-order valence-corrected chi connectivity index (χ0v) is 14.1. The molecule has 0 saturated heterocycles. The van der Waals surface area contributed by atoms with Crippen LogP contribution in [0, 0.1) is 0 Å². The first-order valence-electron chi connectivity index (χ1n) is 8.14. The van der Waals surface area contributed by atoms with Crippen LogP contribution >= 0.6 is 0 Å². The first-order valence-corrected chi connectivity index (χ1v) is 8.14. The van der Waals surface area contributed by atoms with Crippen LogP contribution in [0.1, 0.15) is 44.1 Å². The topological polar surface area (TPSA) is 80.3 Å². The third-order valence-electron chi connectivity index (χ3n) is 3.83. The molecule has 0 aromatic carbocycles. The molecular formula is C16H26N6O. The van der Waals surface area contributed by atoms with E-state index in [-0.39, 0.29) is 0 Å². The fourth-order valence-electron chi connectivity index (χ4n) is 2.42. The van der Waals surface area contributed by atoms with E-state index in [2.05, 4.69) is 39.7 Å². The summed E-state index contributed by atoms with van der Waals surface area (Å²) in [5, 5.41) is 14.8. The highest BCUT2D eigenvalue weighted by Gasteiger charge is 2.13.